The summed E-state index contributed by atoms with van der Waals surface area (Å²) in [5, 5.41) is 20.7. The van der Waals surface area contributed by atoms with Gasteiger partial charge in [0.2, 0.25) is 0 Å². The number of ketones is 1. The zero-order valence-corrected chi connectivity index (χ0v) is 15.8. The molecule has 3 aliphatic carbocycles. The first-order chi connectivity index (χ1) is 13.0. The molecular weight excluding hydrogens is 346 g/mol. The van der Waals surface area contributed by atoms with Crippen LogP contribution in [0, 0.1) is 27.4 Å². The van der Waals surface area contributed by atoms with Crippen molar-refractivity contribution in [1.82, 2.24) is 0 Å². The summed E-state index contributed by atoms with van der Waals surface area (Å²) in [5.41, 5.74) is 1.82. The van der Waals surface area contributed by atoms with Gasteiger partial charge in [-0.25, -0.2) is 0 Å². The van der Waals surface area contributed by atoms with Crippen LogP contribution in [0.3, 0.4) is 0 Å². The summed E-state index contributed by atoms with van der Waals surface area (Å²) in [7, 11) is 0. The number of nitro groups is 1. The number of fused-ring (bicyclic) bond motifs is 5. The molecule has 4 rings (SSSR count). The molecule has 0 heterocycles. The summed E-state index contributed by atoms with van der Waals surface area (Å²) < 4.78 is 5.59. The molecule has 1 N–H and O–H groups in total. The molecule has 1 aromatic carbocycles. The lowest BCUT2D eigenvalue weighted by molar-refractivity contribution is -0.386. The second-order valence-corrected chi connectivity index (χ2v) is 8.50. The van der Waals surface area contributed by atoms with Gasteiger partial charge in [0.25, 0.3) is 0 Å². The lowest BCUT2D eigenvalue weighted by Crippen LogP contribution is -2.42. The molecule has 6 heteroatoms. The van der Waals surface area contributed by atoms with Crippen LogP contribution in [0.1, 0.15) is 62.5 Å². The normalized spacial score (nSPS) is 31.8. The van der Waals surface area contributed by atoms with E-state index in [0.717, 1.165) is 36.8 Å². The van der Waals surface area contributed by atoms with Crippen molar-refractivity contribution >= 4 is 11.5 Å². The minimum Gasteiger partial charge on any atom is -0.487 e. The average molecular weight is 373 g/mol. The van der Waals surface area contributed by atoms with Gasteiger partial charge in [0.05, 0.1) is 11.5 Å². The number of carbonyl (C=O) groups is 1. The highest BCUT2D eigenvalue weighted by molar-refractivity contribution is 5.87. The Kier molecular flexibility index (Phi) is 4.70. The monoisotopic (exact) mass is 373 g/mol. The molecule has 0 saturated heterocycles. The van der Waals surface area contributed by atoms with Gasteiger partial charge in [-0.3, -0.25) is 14.9 Å². The summed E-state index contributed by atoms with van der Waals surface area (Å²) in [6.07, 6.45) is 5.51. The van der Waals surface area contributed by atoms with Gasteiger partial charge < -0.3 is 9.84 Å². The number of nitrogens with zero attached hydrogens (tertiary/aromatic N) is 1. The molecule has 0 spiro atoms. The van der Waals surface area contributed by atoms with Crippen LogP contribution in [-0.4, -0.2) is 29.0 Å². The highest BCUT2D eigenvalue weighted by atomic mass is 16.6. The molecule has 1 aromatic rings. The Labute approximate surface area is 159 Å². The van der Waals surface area contributed by atoms with Crippen molar-refractivity contribution in [3.8, 4) is 5.75 Å². The van der Waals surface area contributed by atoms with Crippen LogP contribution in [0.2, 0.25) is 0 Å². The van der Waals surface area contributed by atoms with Gasteiger partial charge in [0, 0.05) is 30.4 Å². The Balaban J connectivity index is 1.68. The molecule has 0 aliphatic heterocycles. The standard InChI is InChI=1S/C21H27NO5/c1-21-10-9-14-13-5-7-18(27-12-2-11-23)20(22(25)26)16(13)4-3-15(14)17(21)6-8-19(21)24/h5,7,14-15,17,23H,2-4,6,8-12H2,1H3. The molecule has 27 heavy (non-hydrogen) atoms. The SMILES string of the molecule is CC12CCC3c4ccc(OCCCO)c([N+](=O)[O-])c4CCC3C1CCC2=O. The third-order valence-electron chi connectivity index (χ3n) is 7.30. The van der Waals surface area contributed by atoms with Crippen LogP contribution in [0.4, 0.5) is 5.69 Å². The summed E-state index contributed by atoms with van der Waals surface area (Å²) in [4.78, 5) is 23.9. The van der Waals surface area contributed by atoms with Crippen LogP contribution in [-0.2, 0) is 11.2 Å². The van der Waals surface area contributed by atoms with Gasteiger partial charge in [0.15, 0.2) is 5.75 Å². The fourth-order valence-corrected chi connectivity index (χ4v) is 5.96. The Bertz CT molecular complexity index is 776. The van der Waals surface area contributed by atoms with E-state index in [-0.39, 0.29) is 29.2 Å². The number of Topliss-reactive ketones (excluding diaryl/α,β-unsaturated/α-hetero) is 1. The molecule has 6 nitrogen and oxygen atoms in total. The molecule has 0 aromatic heterocycles. The van der Waals surface area contributed by atoms with Crippen molar-refractivity contribution in [1.29, 1.82) is 0 Å². The van der Waals surface area contributed by atoms with Crippen molar-refractivity contribution in [2.75, 3.05) is 13.2 Å². The molecule has 2 fully saturated rings. The van der Waals surface area contributed by atoms with E-state index >= 15 is 0 Å². The number of aliphatic hydroxyl groups is 1. The van der Waals surface area contributed by atoms with Crippen LogP contribution >= 0.6 is 0 Å². The number of benzene rings is 1. The molecule has 4 unspecified atom stereocenters. The zero-order chi connectivity index (χ0) is 19.2. The predicted molar refractivity (Wildman–Crippen MR) is 99.9 cm³/mol. The molecular formula is C21H27NO5. The smallest absolute Gasteiger partial charge is 0.314 e. The van der Waals surface area contributed by atoms with E-state index in [2.05, 4.69) is 6.92 Å². The van der Waals surface area contributed by atoms with Gasteiger partial charge in [-0.15, -0.1) is 0 Å². The van der Waals surface area contributed by atoms with Crippen molar-refractivity contribution < 1.29 is 19.6 Å². The molecule has 2 saturated carbocycles. The van der Waals surface area contributed by atoms with Crippen LogP contribution in [0.25, 0.3) is 0 Å². The fourth-order valence-electron chi connectivity index (χ4n) is 5.96. The first-order valence-corrected chi connectivity index (χ1v) is 10.0. The van der Waals surface area contributed by atoms with Crippen molar-refractivity contribution in [2.24, 2.45) is 17.3 Å². The second-order valence-electron chi connectivity index (χ2n) is 8.50. The second kappa shape index (κ2) is 6.89. The number of hydrogen-bond acceptors (Lipinski definition) is 5. The molecule has 4 atom stereocenters. The average Bonchev–Trinajstić information content (AvgIpc) is 2.96. The molecule has 3 aliphatic rings. The fraction of sp³-hybridized carbons (Fsp3) is 0.667. The molecule has 0 radical (unpaired) electrons. The quantitative estimate of drug-likeness (QED) is 0.482. The van der Waals surface area contributed by atoms with Crippen molar-refractivity contribution in [2.45, 2.75) is 57.8 Å². The van der Waals surface area contributed by atoms with E-state index in [0.29, 0.717) is 48.5 Å². The minimum atomic E-state index is -0.320. The van der Waals surface area contributed by atoms with Gasteiger partial charge in [0.1, 0.15) is 5.78 Å². The molecule has 0 amide bonds. The van der Waals surface area contributed by atoms with Gasteiger partial charge in [-0.2, -0.15) is 0 Å². The molecule has 0 bridgehead atoms. The number of ether oxygens (including phenoxy) is 1. The number of hydrogen-bond donors (Lipinski definition) is 1. The summed E-state index contributed by atoms with van der Waals surface area (Å²) in [6.45, 7) is 2.41. The molecule has 146 valence electrons. The Morgan fingerprint density at radius 1 is 1.30 bits per heavy atom. The highest BCUT2D eigenvalue weighted by Crippen LogP contribution is 2.60. The Morgan fingerprint density at radius 3 is 2.85 bits per heavy atom. The Hall–Kier alpha value is -1.95. The first kappa shape index (κ1) is 18.4. The topological polar surface area (TPSA) is 89.7 Å². The van der Waals surface area contributed by atoms with E-state index in [9.17, 15) is 14.9 Å². The Morgan fingerprint density at radius 2 is 2.11 bits per heavy atom. The van der Waals surface area contributed by atoms with Gasteiger partial charge in [-0.05, 0) is 61.5 Å². The minimum absolute atomic E-state index is 0.00136. The predicted octanol–water partition coefficient (Wildman–Crippen LogP) is 3.78. The third kappa shape index (κ3) is 2.85. The lowest BCUT2D eigenvalue weighted by atomic mass is 9.55. The first-order valence-electron chi connectivity index (χ1n) is 10.0. The zero-order valence-electron chi connectivity index (χ0n) is 15.8. The van der Waals surface area contributed by atoms with Crippen LogP contribution in [0.15, 0.2) is 12.1 Å². The number of rotatable bonds is 5. The summed E-state index contributed by atoms with van der Waals surface area (Å²) in [5.74, 6) is 1.89. The van der Waals surface area contributed by atoms with E-state index in [4.69, 9.17) is 9.84 Å². The number of carbonyl (C=O) groups excluding carboxylic acids is 1. The summed E-state index contributed by atoms with van der Waals surface area (Å²) >= 11 is 0. The van der Waals surface area contributed by atoms with Gasteiger partial charge >= 0.3 is 5.69 Å². The van der Waals surface area contributed by atoms with E-state index in [1.54, 1.807) is 6.07 Å². The lowest BCUT2D eigenvalue weighted by Gasteiger charge is -2.48. The largest absolute Gasteiger partial charge is 0.487 e. The maximum absolute atomic E-state index is 12.4. The van der Waals surface area contributed by atoms with E-state index in [1.807, 2.05) is 6.07 Å². The van der Waals surface area contributed by atoms with Gasteiger partial charge in [-0.1, -0.05) is 13.0 Å². The summed E-state index contributed by atoms with van der Waals surface area (Å²) in [6, 6.07) is 3.73. The van der Waals surface area contributed by atoms with E-state index < -0.39 is 0 Å². The maximum atomic E-state index is 12.4. The highest BCUT2D eigenvalue weighted by Gasteiger charge is 2.55. The van der Waals surface area contributed by atoms with E-state index in [1.165, 1.54) is 0 Å². The number of aliphatic hydroxyl groups excluding tert-OH is 1. The van der Waals surface area contributed by atoms with Crippen molar-refractivity contribution in [3.63, 3.8) is 0 Å². The van der Waals surface area contributed by atoms with Crippen LogP contribution in [0.5, 0.6) is 5.75 Å². The van der Waals surface area contributed by atoms with Crippen LogP contribution < -0.4 is 4.74 Å². The number of nitro benzene ring substituents is 1. The maximum Gasteiger partial charge on any atom is 0.314 e. The third-order valence-corrected chi connectivity index (χ3v) is 7.30. The van der Waals surface area contributed by atoms with Crippen molar-refractivity contribution in [3.05, 3.63) is 33.4 Å².